The lowest BCUT2D eigenvalue weighted by molar-refractivity contribution is 0.399. The second kappa shape index (κ2) is 16.0. The number of rotatable bonds is 9. The number of aryl methyl sites for hydroxylation is 3. The third-order valence-electron chi connectivity index (χ3n) is 9.00. The molecule has 1 aliphatic heterocycles. The van der Waals surface area contributed by atoms with E-state index in [0.29, 0.717) is 5.92 Å². The molecule has 240 valence electrons. The van der Waals surface area contributed by atoms with E-state index in [4.69, 9.17) is 15.1 Å². The topological polar surface area (TPSA) is 81.2 Å². The zero-order valence-electron chi connectivity index (χ0n) is 29.2. The lowest BCUT2D eigenvalue weighted by Gasteiger charge is -2.34. The van der Waals surface area contributed by atoms with Crippen LogP contribution in [0, 0.1) is 26.7 Å². The van der Waals surface area contributed by atoms with Crippen molar-refractivity contribution in [2.75, 3.05) is 37.0 Å². The molecule has 0 spiro atoms. The van der Waals surface area contributed by atoms with Crippen molar-refractivity contribution >= 4 is 22.4 Å². The largest absolute Gasteiger partial charge is 0.400 e. The van der Waals surface area contributed by atoms with E-state index in [1.165, 1.54) is 52.9 Å². The molecule has 5 rings (SSSR count). The average Bonchev–Trinajstić information content (AvgIpc) is 3.42. The van der Waals surface area contributed by atoms with Gasteiger partial charge in [0.05, 0.1) is 11.2 Å². The predicted molar refractivity (Wildman–Crippen MR) is 188 cm³/mol. The molecule has 4 aromatic rings. The Labute approximate surface area is 266 Å². The number of H-pyrrole nitrogens is 1. The molecular formula is C37H56N6O. The number of benzene rings is 2. The van der Waals surface area contributed by atoms with Crippen molar-refractivity contribution in [2.24, 2.45) is 5.92 Å². The van der Waals surface area contributed by atoms with Gasteiger partial charge in [-0.15, -0.1) is 0 Å². The molecule has 0 saturated heterocycles. The molecular weight excluding hydrogens is 544 g/mol. The van der Waals surface area contributed by atoms with E-state index in [1.807, 2.05) is 13.8 Å². The van der Waals surface area contributed by atoms with Gasteiger partial charge >= 0.3 is 0 Å². The number of hydrogen-bond donors (Lipinski definition) is 2. The number of anilines is 2. The molecule has 0 amide bonds. The molecule has 2 aromatic carbocycles. The molecule has 2 N–H and O–H groups in total. The first-order valence-electron chi connectivity index (χ1n) is 16.6. The summed E-state index contributed by atoms with van der Waals surface area (Å²) >= 11 is 0. The van der Waals surface area contributed by atoms with Crippen molar-refractivity contribution in [2.45, 2.75) is 100 Å². The van der Waals surface area contributed by atoms with Gasteiger partial charge in [-0.05, 0) is 67.9 Å². The Bertz CT molecular complexity index is 1500. The van der Waals surface area contributed by atoms with E-state index < -0.39 is 0 Å². The fraction of sp³-hybridized carbons (Fsp3) is 0.541. The number of hydrogen-bond acceptors (Lipinski definition) is 6. The van der Waals surface area contributed by atoms with Crippen LogP contribution in [0.5, 0.6) is 0 Å². The van der Waals surface area contributed by atoms with Gasteiger partial charge in [-0.25, -0.2) is 9.97 Å². The van der Waals surface area contributed by atoms with E-state index in [2.05, 4.69) is 106 Å². The van der Waals surface area contributed by atoms with Gasteiger partial charge in [0.25, 0.3) is 0 Å². The number of aliphatic hydroxyl groups excluding tert-OH is 1. The van der Waals surface area contributed by atoms with Gasteiger partial charge in [-0.2, -0.15) is 5.10 Å². The highest BCUT2D eigenvalue weighted by atomic mass is 16.2. The Hall–Kier alpha value is -3.45. The van der Waals surface area contributed by atoms with Crippen molar-refractivity contribution in [1.29, 1.82) is 0 Å². The lowest BCUT2D eigenvalue weighted by Crippen LogP contribution is -2.34. The monoisotopic (exact) mass is 600 g/mol. The van der Waals surface area contributed by atoms with Gasteiger partial charge in [0.15, 0.2) is 5.82 Å². The molecule has 0 fully saturated rings. The summed E-state index contributed by atoms with van der Waals surface area (Å²) in [6.45, 7) is 22.4. The third kappa shape index (κ3) is 7.43. The molecule has 1 aliphatic rings. The van der Waals surface area contributed by atoms with E-state index >= 15 is 0 Å². The van der Waals surface area contributed by atoms with Gasteiger partial charge in [0.1, 0.15) is 5.82 Å². The van der Waals surface area contributed by atoms with Crippen LogP contribution in [0.25, 0.3) is 22.3 Å². The molecule has 44 heavy (non-hydrogen) atoms. The zero-order chi connectivity index (χ0) is 32.6. The fourth-order valence-electron chi connectivity index (χ4n) is 6.19. The molecule has 0 bridgehead atoms. The third-order valence-corrected chi connectivity index (χ3v) is 9.00. The first-order valence-corrected chi connectivity index (χ1v) is 16.6. The van der Waals surface area contributed by atoms with Crippen LogP contribution in [0.1, 0.15) is 100 Å². The summed E-state index contributed by atoms with van der Waals surface area (Å²) in [6.07, 6.45) is 4.52. The van der Waals surface area contributed by atoms with E-state index in [1.54, 1.807) is 0 Å². The second-order valence-corrected chi connectivity index (χ2v) is 12.1. The van der Waals surface area contributed by atoms with Gasteiger partial charge in [0, 0.05) is 68.1 Å². The van der Waals surface area contributed by atoms with E-state index in [0.717, 1.165) is 72.9 Å². The number of nitrogens with zero attached hydrogens (tertiary/aromatic N) is 5. The number of aromatic nitrogens is 4. The molecule has 0 atom stereocenters. The average molecular weight is 601 g/mol. The summed E-state index contributed by atoms with van der Waals surface area (Å²) in [5.41, 5.74) is 10.8. The summed E-state index contributed by atoms with van der Waals surface area (Å²) in [5.74, 6) is 3.14. The molecule has 0 unspecified atom stereocenters. The Kier molecular flexibility index (Phi) is 12.8. The van der Waals surface area contributed by atoms with Crippen LogP contribution in [0.4, 0.5) is 11.5 Å². The van der Waals surface area contributed by atoms with Gasteiger partial charge in [-0.3, -0.25) is 5.10 Å². The van der Waals surface area contributed by atoms with Crippen LogP contribution in [-0.4, -0.2) is 52.5 Å². The number of aliphatic hydroxyl groups is 1. The molecule has 7 heteroatoms. The summed E-state index contributed by atoms with van der Waals surface area (Å²) in [5, 5.41) is 15.8. The van der Waals surface area contributed by atoms with Crippen molar-refractivity contribution in [3.05, 3.63) is 64.0 Å². The van der Waals surface area contributed by atoms with Gasteiger partial charge in [-0.1, -0.05) is 72.6 Å². The number of aromatic amines is 1. The molecule has 7 nitrogen and oxygen atoms in total. The Morgan fingerprint density at radius 2 is 1.66 bits per heavy atom. The highest BCUT2D eigenvalue weighted by Gasteiger charge is 2.27. The second-order valence-electron chi connectivity index (χ2n) is 12.1. The number of fused-ring (bicyclic) bond motifs is 2. The minimum absolute atomic E-state index is 0.506. The van der Waals surface area contributed by atoms with E-state index in [-0.39, 0.29) is 0 Å². The minimum atomic E-state index is 0.506. The normalized spacial score (nSPS) is 12.5. The zero-order valence-corrected chi connectivity index (χ0v) is 29.2. The SMILES string of the molecule is CC.CCC(CC)CCN(C)c1nc(-c2c(C)ccc3n[nH]c(C)c23)nc2c1CN(c1cc(C(C)C)ccc1C)CC2.CO. The molecule has 2 aromatic heterocycles. The summed E-state index contributed by atoms with van der Waals surface area (Å²) in [4.78, 5) is 15.6. The van der Waals surface area contributed by atoms with Crippen LogP contribution in [0.3, 0.4) is 0 Å². The molecule has 3 heterocycles. The fourth-order valence-corrected chi connectivity index (χ4v) is 6.19. The van der Waals surface area contributed by atoms with Gasteiger partial charge < -0.3 is 14.9 Å². The minimum Gasteiger partial charge on any atom is -0.400 e. The highest BCUT2D eigenvalue weighted by molar-refractivity contribution is 5.96. The molecule has 0 saturated carbocycles. The standard InChI is InChI=1S/C34H46N6.C2H6.CH4O/c1-9-25(10-2)15-17-39(8)34-27-20-40(30-19-26(21(3)4)13-11-22(30)5)18-16-28(27)35-33(36-34)31-23(6)12-14-29-32(31)24(7)37-38-29;2*1-2/h11-14,19,21,25H,9-10,15-18,20H2,1-8H3,(H,37,38);1-2H3;2H,1H3. The first kappa shape index (κ1) is 35.0. The van der Waals surface area contributed by atoms with Crippen molar-refractivity contribution in [1.82, 2.24) is 20.2 Å². The van der Waals surface area contributed by atoms with Crippen LogP contribution >= 0.6 is 0 Å². The first-order chi connectivity index (χ1) is 21.2. The Morgan fingerprint density at radius 3 is 2.32 bits per heavy atom. The van der Waals surface area contributed by atoms with Gasteiger partial charge in [0.2, 0.25) is 0 Å². The Morgan fingerprint density at radius 1 is 0.977 bits per heavy atom. The molecule has 0 aliphatic carbocycles. The summed E-state index contributed by atoms with van der Waals surface area (Å²) in [7, 11) is 3.22. The molecule has 0 radical (unpaired) electrons. The van der Waals surface area contributed by atoms with Crippen LogP contribution in [-0.2, 0) is 13.0 Å². The Balaban J connectivity index is 0.00000127. The predicted octanol–water partition coefficient (Wildman–Crippen LogP) is 8.53. The smallest absolute Gasteiger partial charge is 0.162 e. The van der Waals surface area contributed by atoms with Crippen molar-refractivity contribution in [3.63, 3.8) is 0 Å². The van der Waals surface area contributed by atoms with Crippen LogP contribution < -0.4 is 9.80 Å². The number of nitrogens with one attached hydrogen (secondary N) is 1. The summed E-state index contributed by atoms with van der Waals surface area (Å²) < 4.78 is 0. The van der Waals surface area contributed by atoms with Crippen LogP contribution in [0.15, 0.2) is 30.3 Å². The summed E-state index contributed by atoms with van der Waals surface area (Å²) in [6, 6.07) is 11.2. The maximum Gasteiger partial charge on any atom is 0.162 e. The van der Waals surface area contributed by atoms with Crippen molar-refractivity contribution < 1.29 is 5.11 Å². The maximum absolute atomic E-state index is 7.00. The van der Waals surface area contributed by atoms with Crippen molar-refractivity contribution in [3.8, 4) is 11.4 Å². The van der Waals surface area contributed by atoms with Crippen LogP contribution in [0.2, 0.25) is 0 Å². The van der Waals surface area contributed by atoms with E-state index in [9.17, 15) is 0 Å². The lowest BCUT2D eigenvalue weighted by atomic mass is 9.97. The quantitative estimate of drug-likeness (QED) is 0.200. The maximum atomic E-state index is 7.00. The highest BCUT2D eigenvalue weighted by Crippen LogP contribution is 2.37.